The number of hydrogen-bond acceptors (Lipinski definition) is 3. The molecule has 0 fully saturated rings. The van der Waals surface area contributed by atoms with E-state index in [4.69, 9.17) is 0 Å². The van der Waals surface area contributed by atoms with E-state index < -0.39 is 0 Å². The Balaban J connectivity index is 2.50. The molecule has 0 saturated carbocycles. The van der Waals surface area contributed by atoms with Gasteiger partial charge in [-0.1, -0.05) is 36.8 Å². The van der Waals surface area contributed by atoms with Crippen molar-refractivity contribution in [2.75, 3.05) is 38.7 Å². The molecule has 1 unspecified atom stereocenters. The van der Waals surface area contributed by atoms with E-state index in [0.29, 0.717) is 6.04 Å². The van der Waals surface area contributed by atoms with Crippen LogP contribution in [0.5, 0.6) is 0 Å². The Labute approximate surface area is 123 Å². The highest BCUT2D eigenvalue weighted by Crippen LogP contribution is 2.17. The lowest BCUT2D eigenvalue weighted by Gasteiger charge is -2.22. The first-order valence-corrected chi connectivity index (χ1v) is 8.54. The van der Waals surface area contributed by atoms with Crippen molar-refractivity contribution in [1.29, 1.82) is 0 Å². The summed E-state index contributed by atoms with van der Waals surface area (Å²) < 4.78 is 0. The Morgan fingerprint density at radius 1 is 1.21 bits per heavy atom. The third kappa shape index (κ3) is 6.46. The quantitative estimate of drug-likeness (QED) is 0.747. The summed E-state index contributed by atoms with van der Waals surface area (Å²) >= 11 is 1.92. The Bertz CT molecular complexity index is 337. The van der Waals surface area contributed by atoms with Crippen LogP contribution in [0.25, 0.3) is 0 Å². The third-order valence-corrected chi connectivity index (χ3v) is 4.00. The second kappa shape index (κ2) is 9.40. The number of thioether (sulfide) groups is 1. The summed E-state index contributed by atoms with van der Waals surface area (Å²) in [6, 6.07) is 9.39. The van der Waals surface area contributed by atoms with E-state index >= 15 is 0 Å². The Morgan fingerprint density at radius 2 is 1.89 bits per heavy atom. The van der Waals surface area contributed by atoms with Gasteiger partial charge < -0.3 is 10.2 Å². The molecule has 0 saturated heterocycles. The van der Waals surface area contributed by atoms with Crippen LogP contribution in [0, 0.1) is 6.92 Å². The molecule has 0 heterocycles. The second-order valence-electron chi connectivity index (χ2n) is 5.11. The largest absolute Gasteiger partial charge is 0.310 e. The topological polar surface area (TPSA) is 15.3 Å². The molecule has 0 bridgehead atoms. The lowest BCUT2D eigenvalue weighted by Crippen LogP contribution is -2.28. The SMILES string of the molecule is CCNC(CCN(C)CCSC)c1ccc(C)cc1. The van der Waals surface area contributed by atoms with Crippen molar-refractivity contribution < 1.29 is 0 Å². The van der Waals surface area contributed by atoms with Gasteiger partial charge >= 0.3 is 0 Å². The highest BCUT2D eigenvalue weighted by atomic mass is 32.2. The van der Waals surface area contributed by atoms with Crippen LogP contribution in [-0.4, -0.2) is 43.6 Å². The highest BCUT2D eigenvalue weighted by molar-refractivity contribution is 7.98. The van der Waals surface area contributed by atoms with E-state index in [1.54, 1.807) is 0 Å². The van der Waals surface area contributed by atoms with Gasteiger partial charge in [-0.3, -0.25) is 0 Å². The third-order valence-electron chi connectivity index (χ3n) is 3.41. The molecule has 0 aliphatic rings. The van der Waals surface area contributed by atoms with Gasteiger partial charge in [0.05, 0.1) is 0 Å². The van der Waals surface area contributed by atoms with E-state index in [1.165, 1.54) is 29.8 Å². The minimum absolute atomic E-state index is 0.474. The number of hydrogen-bond donors (Lipinski definition) is 1. The molecule has 3 heteroatoms. The van der Waals surface area contributed by atoms with Crippen LogP contribution in [-0.2, 0) is 0 Å². The zero-order chi connectivity index (χ0) is 14.1. The van der Waals surface area contributed by atoms with Crippen LogP contribution in [0.15, 0.2) is 24.3 Å². The number of benzene rings is 1. The standard InChI is InChI=1S/C16H28N2S/c1-5-17-16(10-11-18(3)12-13-19-4)15-8-6-14(2)7-9-15/h6-9,16-17H,5,10-13H2,1-4H3. The fraction of sp³-hybridized carbons (Fsp3) is 0.625. The molecule has 0 radical (unpaired) electrons. The molecule has 0 aliphatic carbocycles. The average molecular weight is 280 g/mol. The normalized spacial score (nSPS) is 12.9. The summed E-state index contributed by atoms with van der Waals surface area (Å²) in [5.74, 6) is 1.22. The smallest absolute Gasteiger partial charge is 0.0332 e. The van der Waals surface area contributed by atoms with Crippen molar-refractivity contribution in [2.45, 2.75) is 26.3 Å². The second-order valence-corrected chi connectivity index (χ2v) is 6.09. The zero-order valence-corrected chi connectivity index (χ0v) is 13.6. The van der Waals surface area contributed by atoms with Crippen LogP contribution in [0.3, 0.4) is 0 Å². The van der Waals surface area contributed by atoms with Crippen LogP contribution in [0.1, 0.15) is 30.5 Å². The van der Waals surface area contributed by atoms with E-state index in [2.05, 4.69) is 61.6 Å². The van der Waals surface area contributed by atoms with E-state index in [9.17, 15) is 0 Å². The predicted octanol–water partition coefficient (Wildman–Crippen LogP) is 3.33. The van der Waals surface area contributed by atoms with Crippen molar-refractivity contribution in [1.82, 2.24) is 10.2 Å². The van der Waals surface area contributed by atoms with Crippen LogP contribution >= 0.6 is 11.8 Å². The number of aryl methyl sites for hydroxylation is 1. The Morgan fingerprint density at radius 3 is 2.47 bits per heavy atom. The maximum Gasteiger partial charge on any atom is 0.0332 e. The van der Waals surface area contributed by atoms with Gasteiger partial charge in [0.25, 0.3) is 0 Å². The van der Waals surface area contributed by atoms with Crippen LogP contribution < -0.4 is 5.32 Å². The van der Waals surface area contributed by atoms with Crippen molar-refractivity contribution in [3.8, 4) is 0 Å². The molecule has 0 aromatic heterocycles. The van der Waals surface area contributed by atoms with Gasteiger partial charge in [-0.15, -0.1) is 0 Å². The Hall–Kier alpha value is -0.510. The molecule has 108 valence electrons. The van der Waals surface area contributed by atoms with Gasteiger partial charge in [-0.05, 0) is 45.3 Å². The number of rotatable bonds is 9. The molecule has 2 nitrogen and oxygen atoms in total. The lowest BCUT2D eigenvalue weighted by atomic mass is 10.0. The number of nitrogens with one attached hydrogen (secondary N) is 1. The zero-order valence-electron chi connectivity index (χ0n) is 12.8. The van der Waals surface area contributed by atoms with Crippen LogP contribution in [0.2, 0.25) is 0 Å². The summed E-state index contributed by atoms with van der Waals surface area (Å²) in [4.78, 5) is 2.43. The average Bonchev–Trinajstić information content (AvgIpc) is 2.42. The molecular formula is C16H28N2S. The Kier molecular flexibility index (Phi) is 8.19. The monoisotopic (exact) mass is 280 g/mol. The van der Waals surface area contributed by atoms with Gasteiger partial charge in [-0.25, -0.2) is 0 Å². The maximum atomic E-state index is 3.60. The fourth-order valence-electron chi connectivity index (χ4n) is 2.14. The molecule has 0 aliphatic heterocycles. The molecule has 1 N–H and O–H groups in total. The summed E-state index contributed by atoms with van der Waals surface area (Å²) in [5.41, 5.74) is 2.74. The van der Waals surface area contributed by atoms with E-state index in [0.717, 1.165) is 13.1 Å². The molecule has 1 aromatic carbocycles. The summed E-state index contributed by atoms with van der Waals surface area (Å²) in [6.45, 7) is 7.66. The van der Waals surface area contributed by atoms with Crippen molar-refractivity contribution in [3.05, 3.63) is 35.4 Å². The number of nitrogens with zero attached hydrogens (tertiary/aromatic N) is 1. The predicted molar refractivity (Wildman–Crippen MR) is 88.1 cm³/mol. The van der Waals surface area contributed by atoms with Gasteiger partial charge in [0, 0.05) is 18.3 Å². The van der Waals surface area contributed by atoms with Crippen molar-refractivity contribution in [3.63, 3.8) is 0 Å². The van der Waals surface area contributed by atoms with Crippen molar-refractivity contribution in [2.24, 2.45) is 0 Å². The van der Waals surface area contributed by atoms with Gasteiger partial charge in [0.15, 0.2) is 0 Å². The van der Waals surface area contributed by atoms with Crippen molar-refractivity contribution >= 4 is 11.8 Å². The highest BCUT2D eigenvalue weighted by Gasteiger charge is 2.11. The first kappa shape index (κ1) is 16.5. The van der Waals surface area contributed by atoms with E-state index in [1.807, 2.05) is 11.8 Å². The first-order chi connectivity index (χ1) is 9.17. The fourth-order valence-corrected chi connectivity index (χ4v) is 2.63. The first-order valence-electron chi connectivity index (χ1n) is 7.14. The summed E-state index contributed by atoms with van der Waals surface area (Å²) in [6.07, 6.45) is 3.34. The molecule has 0 amide bonds. The lowest BCUT2D eigenvalue weighted by molar-refractivity contribution is 0.325. The van der Waals surface area contributed by atoms with Gasteiger partial charge in [-0.2, -0.15) is 11.8 Å². The summed E-state index contributed by atoms with van der Waals surface area (Å²) in [5, 5.41) is 3.60. The van der Waals surface area contributed by atoms with Gasteiger partial charge in [0.1, 0.15) is 0 Å². The minimum atomic E-state index is 0.474. The molecule has 19 heavy (non-hydrogen) atoms. The minimum Gasteiger partial charge on any atom is -0.310 e. The molecule has 1 aromatic rings. The maximum absolute atomic E-state index is 3.60. The van der Waals surface area contributed by atoms with E-state index in [-0.39, 0.29) is 0 Å². The molecular weight excluding hydrogens is 252 g/mol. The molecule has 0 spiro atoms. The van der Waals surface area contributed by atoms with Gasteiger partial charge in [0.2, 0.25) is 0 Å². The van der Waals surface area contributed by atoms with Crippen LogP contribution in [0.4, 0.5) is 0 Å². The molecule has 1 rings (SSSR count). The summed E-state index contributed by atoms with van der Waals surface area (Å²) in [7, 11) is 2.22. The molecule has 1 atom stereocenters.